The van der Waals surface area contributed by atoms with Gasteiger partial charge in [-0.2, -0.15) is 0 Å². The molecule has 2 amide bonds. The predicted octanol–water partition coefficient (Wildman–Crippen LogP) is 0.151. The molecule has 0 spiro atoms. The Morgan fingerprint density at radius 1 is 1.89 bits per heavy atom. The average Bonchev–Trinajstić information content (AvgIpc) is 1.63. The maximum atomic E-state index is 10.1. The van der Waals surface area contributed by atoms with Crippen molar-refractivity contribution >= 4 is 23.2 Å². The Morgan fingerprint density at radius 3 is 2.78 bits per heavy atom. The minimum absolute atomic E-state index is 0.407. The number of nitrogens with two attached hydrogens (primary N) is 1. The fourth-order valence-corrected chi connectivity index (χ4v) is 1.36. The molecule has 0 aromatic heterocycles. The van der Waals surface area contributed by atoms with E-state index in [1.165, 1.54) is 0 Å². The van der Waals surface area contributed by atoms with Crippen LogP contribution in [0.4, 0.5) is 4.79 Å². The summed E-state index contributed by atoms with van der Waals surface area (Å²) in [4.78, 5) is 11.4. The second kappa shape index (κ2) is 4.86. The molecule has 0 aromatic rings. The number of urea groups is 1. The molecule has 0 fully saturated rings. The van der Waals surface area contributed by atoms with E-state index in [0.717, 1.165) is 4.89 Å². The second-order valence-electron chi connectivity index (χ2n) is 1.21. The Hall–Kier alpha value is 0.0223. The van der Waals surface area contributed by atoms with Crippen LogP contribution in [0.2, 0.25) is 4.89 Å². The van der Waals surface area contributed by atoms with Gasteiger partial charge in [0.2, 0.25) is 0 Å². The van der Waals surface area contributed by atoms with Crippen LogP contribution in [-0.4, -0.2) is 11.0 Å². The van der Waals surface area contributed by atoms with E-state index in [9.17, 15) is 4.79 Å². The number of primary amides is 1. The number of thiocarbonyl (C=S) groups is 1. The van der Waals surface area contributed by atoms with Crippen LogP contribution in [0.5, 0.6) is 0 Å². The average molecular weight is 316 g/mol. The summed E-state index contributed by atoms with van der Waals surface area (Å²) < 4.78 is 0. The van der Waals surface area contributed by atoms with Crippen molar-refractivity contribution in [3.8, 4) is 0 Å². The summed E-state index contributed by atoms with van der Waals surface area (Å²) >= 11 is 6.25. The third kappa shape index (κ3) is 5.90. The van der Waals surface area contributed by atoms with Gasteiger partial charge in [-0.05, 0) is 0 Å². The van der Waals surface area contributed by atoms with E-state index in [4.69, 9.17) is 5.73 Å². The van der Waals surface area contributed by atoms with Crippen LogP contribution in [0.3, 0.4) is 0 Å². The molecule has 0 unspecified atom stereocenters. The third-order valence-corrected chi connectivity index (χ3v) is 1.33. The number of amides is 2. The molecule has 0 heterocycles. The number of carbonyl (C=O) groups is 1. The predicted molar refractivity (Wildman–Crippen MR) is 34.4 cm³/mol. The minimum atomic E-state index is -0.601. The summed E-state index contributed by atoms with van der Waals surface area (Å²) in [5, 5.41) is 2.27. The molecular formula is C4H6N2OReS. The van der Waals surface area contributed by atoms with Crippen molar-refractivity contribution in [3.63, 3.8) is 0 Å². The van der Waals surface area contributed by atoms with Crippen molar-refractivity contribution in [1.82, 2.24) is 5.32 Å². The van der Waals surface area contributed by atoms with Gasteiger partial charge in [0.25, 0.3) is 0 Å². The molecule has 0 rings (SSSR count). The van der Waals surface area contributed by atoms with Gasteiger partial charge in [0.05, 0.1) is 0 Å². The Kier molecular flexibility index (Phi) is 4.87. The SMILES string of the molecule is NC(=O)NC(=S)[CH][CH2][Re]. The molecule has 0 aliphatic heterocycles. The first kappa shape index (κ1) is 9.02. The summed E-state index contributed by atoms with van der Waals surface area (Å²) in [7, 11) is 0. The van der Waals surface area contributed by atoms with Gasteiger partial charge >= 0.3 is 69.6 Å². The molecule has 0 atom stereocenters. The van der Waals surface area contributed by atoms with Gasteiger partial charge < -0.3 is 0 Å². The van der Waals surface area contributed by atoms with Crippen LogP contribution in [0.25, 0.3) is 0 Å². The third-order valence-electron chi connectivity index (χ3n) is 0.509. The van der Waals surface area contributed by atoms with E-state index >= 15 is 0 Å². The van der Waals surface area contributed by atoms with Crippen molar-refractivity contribution in [2.24, 2.45) is 5.73 Å². The Labute approximate surface area is 69.8 Å². The van der Waals surface area contributed by atoms with Crippen LogP contribution < -0.4 is 11.1 Å². The molecule has 5 heteroatoms. The van der Waals surface area contributed by atoms with Gasteiger partial charge in [-0.1, -0.05) is 0 Å². The monoisotopic (exact) mass is 317 g/mol. The molecule has 0 aromatic carbocycles. The number of hydrogen-bond donors (Lipinski definition) is 2. The molecule has 9 heavy (non-hydrogen) atoms. The first-order valence-electron chi connectivity index (χ1n) is 2.16. The van der Waals surface area contributed by atoms with Gasteiger partial charge in [0, 0.05) is 0 Å². The zero-order valence-electron chi connectivity index (χ0n) is 4.56. The first-order valence-corrected chi connectivity index (χ1v) is 4.49. The van der Waals surface area contributed by atoms with Crippen LogP contribution >= 0.6 is 12.2 Å². The molecule has 0 bridgehead atoms. The first-order chi connectivity index (χ1) is 4.16. The Balaban J connectivity index is 3.39. The Bertz CT molecular complexity index is 128. The maximum absolute atomic E-state index is 10.1. The van der Waals surface area contributed by atoms with Crippen LogP contribution in [0.15, 0.2) is 0 Å². The number of carbonyl (C=O) groups excluding carboxylic acids is 1. The van der Waals surface area contributed by atoms with Gasteiger partial charge in [0.1, 0.15) is 0 Å². The van der Waals surface area contributed by atoms with Gasteiger partial charge in [-0.25, -0.2) is 0 Å². The van der Waals surface area contributed by atoms with Crippen molar-refractivity contribution in [3.05, 3.63) is 6.42 Å². The molecule has 0 saturated heterocycles. The zero-order chi connectivity index (χ0) is 7.28. The van der Waals surface area contributed by atoms with Crippen molar-refractivity contribution in [1.29, 1.82) is 0 Å². The zero-order valence-corrected chi connectivity index (χ0v) is 8.09. The van der Waals surface area contributed by atoms with E-state index in [-0.39, 0.29) is 0 Å². The van der Waals surface area contributed by atoms with Gasteiger partial charge in [-0.3, -0.25) is 0 Å². The Morgan fingerprint density at radius 2 is 2.44 bits per heavy atom. The van der Waals surface area contributed by atoms with Crippen molar-refractivity contribution in [2.45, 2.75) is 4.89 Å². The second-order valence-corrected chi connectivity index (χ2v) is 2.76. The van der Waals surface area contributed by atoms with Crippen LogP contribution in [-0.2, 0) is 19.2 Å². The van der Waals surface area contributed by atoms with Gasteiger partial charge in [0.15, 0.2) is 0 Å². The normalized spacial score (nSPS) is 8.56. The number of hydrogen-bond acceptors (Lipinski definition) is 2. The van der Waals surface area contributed by atoms with E-state index in [2.05, 4.69) is 17.5 Å². The molecule has 0 aliphatic rings. The van der Waals surface area contributed by atoms with E-state index in [1.54, 1.807) is 25.6 Å². The van der Waals surface area contributed by atoms with E-state index < -0.39 is 6.03 Å². The van der Waals surface area contributed by atoms with E-state index in [1.807, 2.05) is 0 Å². The number of rotatable bonds is 2. The number of nitrogens with one attached hydrogen (secondary N) is 1. The van der Waals surface area contributed by atoms with Crippen LogP contribution in [0.1, 0.15) is 0 Å². The quantitative estimate of drug-likeness (QED) is 0.713. The van der Waals surface area contributed by atoms with Crippen LogP contribution in [0, 0.1) is 6.42 Å². The molecule has 51 valence electrons. The van der Waals surface area contributed by atoms with Crippen molar-refractivity contribution < 1.29 is 24.0 Å². The molecule has 3 N–H and O–H groups in total. The summed E-state index contributed by atoms with van der Waals surface area (Å²) in [5.41, 5.74) is 4.77. The summed E-state index contributed by atoms with van der Waals surface area (Å²) in [5.74, 6) is 0. The molecule has 0 saturated carbocycles. The summed E-state index contributed by atoms with van der Waals surface area (Å²) in [6.07, 6.45) is 1.73. The summed E-state index contributed by atoms with van der Waals surface area (Å²) in [6.45, 7) is 0. The molecular weight excluding hydrogens is 310 g/mol. The molecule has 1 radical (unpaired) electrons. The summed E-state index contributed by atoms with van der Waals surface area (Å²) in [6, 6.07) is -0.601. The fraction of sp³-hybridized carbons (Fsp3) is 0.250. The van der Waals surface area contributed by atoms with Gasteiger partial charge in [-0.15, -0.1) is 0 Å². The molecule has 0 aliphatic carbocycles. The van der Waals surface area contributed by atoms with Crippen molar-refractivity contribution in [2.75, 3.05) is 0 Å². The fourth-order valence-electron chi connectivity index (χ4n) is 0.243. The standard InChI is InChI=1S/C4H6N2OS.Re/c1-2-3(8)6-4(5)7;/h2H,1H2,(H3,5,6,7,8);. The topological polar surface area (TPSA) is 55.1 Å². The van der Waals surface area contributed by atoms with E-state index in [0.29, 0.717) is 4.99 Å². The molecule has 3 nitrogen and oxygen atoms in total.